The van der Waals surface area contributed by atoms with Gasteiger partial charge in [0.15, 0.2) is 22.8 Å². The monoisotopic (exact) mass is 1080 g/mol. The number of carbonyl (C=O) groups is 3. The summed E-state index contributed by atoms with van der Waals surface area (Å²) < 4.78 is 62.5. The van der Waals surface area contributed by atoms with Gasteiger partial charge in [0.05, 0.1) is 19.5 Å². The van der Waals surface area contributed by atoms with Gasteiger partial charge in [-0.15, -0.1) is 0 Å². The molecule has 0 radical (unpaired) electrons. The zero-order chi connectivity index (χ0) is 52.5. The summed E-state index contributed by atoms with van der Waals surface area (Å²) in [5, 5.41) is 26.7. The van der Waals surface area contributed by atoms with Crippen LogP contribution in [-0.4, -0.2) is 123 Å². The van der Waals surface area contributed by atoms with E-state index in [0.29, 0.717) is 12.2 Å². The zero-order valence-electron chi connectivity index (χ0n) is 40.2. The highest BCUT2D eigenvalue weighted by Gasteiger charge is 2.50. The number of nitrogens with two attached hydrogens (primary N) is 1. The second kappa shape index (κ2) is 31.3. The summed E-state index contributed by atoms with van der Waals surface area (Å²) in [7, 11) is -16.4. The van der Waals surface area contributed by atoms with Crippen LogP contribution in [0.15, 0.2) is 61.3 Å². The third-order valence-corrected chi connectivity index (χ3v) is 14.5. The quantitative estimate of drug-likeness (QED) is 0.0231. The van der Waals surface area contributed by atoms with E-state index in [0.717, 1.165) is 99.6 Å². The lowest BCUT2D eigenvalue weighted by Crippen LogP contribution is -2.46. The van der Waals surface area contributed by atoms with Crippen molar-refractivity contribution in [2.24, 2.45) is 5.41 Å². The minimum atomic E-state index is -5.58. The molecule has 10 N–H and O–H groups in total. The SMILES string of the molecule is CC/C=C\C/C=C\C/C=C\C/C=C\CCCCCCCCC(=O)SCCNC(=O)CCNC(=O)[C@H](O)C(C)(C)COP(=O)(O)OP(=O)(O)OC[C@@H]1O[C@H](n2cnc3c(N)ncnc32)[C@H](O)[C@@H]1OP(=O)(O)O. The predicted molar refractivity (Wildman–Crippen MR) is 265 cm³/mol. The van der Waals surface area contributed by atoms with Crippen molar-refractivity contribution in [2.75, 3.05) is 37.8 Å². The van der Waals surface area contributed by atoms with Crippen LogP contribution >= 0.6 is 35.2 Å². The molecule has 3 heterocycles. The van der Waals surface area contributed by atoms with Crippen LogP contribution in [0.2, 0.25) is 0 Å². The van der Waals surface area contributed by atoms with Crippen LogP contribution in [0.3, 0.4) is 0 Å². The van der Waals surface area contributed by atoms with Crippen molar-refractivity contribution in [3.05, 3.63) is 61.3 Å². The number of unbranched alkanes of at least 4 members (excludes halogenated alkanes) is 6. The maximum atomic E-state index is 12.8. The van der Waals surface area contributed by atoms with Gasteiger partial charge in [-0.25, -0.2) is 28.6 Å². The highest BCUT2D eigenvalue weighted by atomic mass is 32.2. The number of allylic oxidation sites excluding steroid dienone is 8. The van der Waals surface area contributed by atoms with E-state index in [1.165, 1.54) is 13.8 Å². The molecule has 2 aromatic rings. The van der Waals surface area contributed by atoms with Crippen LogP contribution < -0.4 is 16.4 Å². The number of nitrogens with zero attached hydrogens (tertiary/aromatic N) is 4. The number of hydrogen-bond donors (Lipinski definition) is 9. The summed E-state index contributed by atoms with van der Waals surface area (Å²) in [5.74, 6) is -1.05. The van der Waals surface area contributed by atoms with Gasteiger partial charge < -0.3 is 50.9 Å². The van der Waals surface area contributed by atoms with Gasteiger partial charge >= 0.3 is 23.5 Å². The minimum Gasteiger partial charge on any atom is -0.386 e. The van der Waals surface area contributed by atoms with Gasteiger partial charge in [-0.05, 0) is 44.9 Å². The number of aromatic nitrogens is 4. The fourth-order valence-corrected chi connectivity index (χ4v) is 10.3. The van der Waals surface area contributed by atoms with Crippen molar-refractivity contribution in [3.63, 3.8) is 0 Å². The van der Waals surface area contributed by atoms with E-state index in [-0.39, 0.29) is 41.6 Å². The number of aliphatic hydroxyl groups excluding tert-OH is 2. The number of phosphoric acid groups is 3. The third-order valence-electron chi connectivity index (χ3n) is 10.5. The van der Waals surface area contributed by atoms with Crippen molar-refractivity contribution in [3.8, 4) is 0 Å². The zero-order valence-corrected chi connectivity index (χ0v) is 43.7. The van der Waals surface area contributed by atoms with Crippen LogP contribution in [0.5, 0.6) is 0 Å². The molecular weight excluding hydrogens is 1010 g/mol. The second-order valence-corrected chi connectivity index (χ2v) is 22.3. The number of thioether (sulfide) groups is 1. The molecule has 24 nitrogen and oxygen atoms in total. The number of aliphatic hydroxyl groups is 2. The number of carbonyl (C=O) groups excluding carboxylic acids is 3. The number of nitrogens with one attached hydrogen (secondary N) is 2. The van der Waals surface area contributed by atoms with Gasteiger partial charge in [-0.3, -0.25) is 32.5 Å². The van der Waals surface area contributed by atoms with Crippen molar-refractivity contribution in [2.45, 2.75) is 135 Å². The molecular formula is C43H70N7O17P3S. The first kappa shape index (κ1) is 61.8. The highest BCUT2D eigenvalue weighted by molar-refractivity contribution is 8.13. The number of ether oxygens (including phenoxy) is 1. The van der Waals surface area contributed by atoms with E-state index in [2.05, 4.69) is 90.0 Å². The molecule has 28 heteroatoms. The van der Waals surface area contributed by atoms with Gasteiger partial charge in [-0.1, -0.05) is 107 Å². The highest BCUT2D eigenvalue weighted by Crippen LogP contribution is 2.61. The van der Waals surface area contributed by atoms with Gasteiger partial charge in [0, 0.05) is 37.1 Å². The van der Waals surface area contributed by atoms with E-state index >= 15 is 0 Å². The Morgan fingerprint density at radius 3 is 2.14 bits per heavy atom. The normalized spacial score (nSPS) is 20.1. The first-order valence-electron chi connectivity index (χ1n) is 23.2. The molecule has 3 rings (SSSR count). The molecule has 0 aliphatic carbocycles. The molecule has 71 heavy (non-hydrogen) atoms. The number of imidazole rings is 1. The molecule has 0 saturated carbocycles. The summed E-state index contributed by atoms with van der Waals surface area (Å²) in [6.45, 7) is 2.67. The van der Waals surface area contributed by atoms with E-state index in [4.69, 9.17) is 19.5 Å². The number of rotatable bonds is 35. The molecule has 1 saturated heterocycles. The summed E-state index contributed by atoms with van der Waals surface area (Å²) in [6.07, 6.45) is 22.4. The Morgan fingerprint density at radius 2 is 1.48 bits per heavy atom. The average molecular weight is 1080 g/mol. The van der Waals surface area contributed by atoms with Crippen LogP contribution in [-0.2, 0) is 50.7 Å². The van der Waals surface area contributed by atoms with Gasteiger partial charge in [0.25, 0.3) is 0 Å². The number of phosphoric ester groups is 3. The van der Waals surface area contributed by atoms with E-state index in [9.17, 15) is 57.9 Å². The van der Waals surface area contributed by atoms with Crippen LogP contribution in [0.4, 0.5) is 5.82 Å². The smallest absolute Gasteiger partial charge is 0.386 e. The Bertz CT molecular complexity index is 2260. The molecule has 2 amide bonds. The summed E-state index contributed by atoms with van der Waals surface area (Å²) >= 11 is 1.14. The van der Waals surface area contributed by atoms with Crippen LogP contribution in [0.1, 0.15) is 110 Å². The average Bonchev–Trinajstić information content (AvgIpc) is 3.86. The molecule has 0 bridgehead atoms. The van der Waals surface area contributed by atoms with E-state index in [1.54, 1.807) is 0 Å². The predicted octanol–water partition coefficient (Wildman–Crippen LogP) is 5.59. The Morgan fingerprint density at radius 1 is 0.859 bits per heavy atom. The number of nitrogen functional groups attached to an aromatic ring is 1. The van der Waals surface area contributed by atoms with E-state index in [1.807, 2.05) is 0 Å². The molecule has 2 unspecified atom stereocenters. The molecule has 400 valence electrons. The lowest BCUT2D eigenvalue weighted by atomic mass is 9.87. The van der Waals surface area contributed by atoms with Gasteiger partial charge in [0.1, 0.15) is 36.3 Å². The topological polar surface area (TPSA) is 364 Å². The third kappa shape index (κ3) is 24.0. The largest absolute Gasteiger partial charge is 0.481 e. The Hall–Kier alpha value is -3.48. The van der Waals surface area contributed by atoms with Crippen molar-refractivity contribution >= 4 is 69.1 Å². The summed E-state index contributed by atoms with van der Waals surface area (Å²) in [6, 6.07) is 0. The number of anilines is 1. The molecule has 7 atom stereocenters. The van der Waals surface area contributed by atoms with Crippen molar-refractivity contribution < 1.29 is 80.5 Å². The Kier molecular flexibility index (Phi) is 27.3. The van der Waals surface area contributed by atoms with E-state index < -0.39 is 84.6 Å². The maximum Gasteiger partial charge on any atom is 0.481 e. The molecule has 0 aromatic carbocycles. The minimum absolute atomic E-state index is 0.0316. The Labute approximate surface area is 417 Å². The van der Waals surface area contributed by atoms with Crippen LogP contribution in [0.25, 0.3) is 11.2 Å². The standard InChI is InChI=1S/C43H70N7O17P3S/c1-4-5-6-7-8-9-10-11-12-13-14-15-16-17-18-19-20-21-22-23-34(52)71-27-26-45-33(51)24-25-46-41(55)38(54)43(2,3)29-64-70(61,62)67-69(59,60)63-28-32-37(66-68(56,57)58)36(53)42(65-32)50-31-49-35-39(44)47-30-48-40(35)50/h5-6,8-9,11-12,14-15,30-32,36-38,42,53-54H,4,7,10,13,16-29H2,1-3H3,(H,45,51)(H,46,55)(H,59,60)(H,61,62)(H2,44,47,48)(H2,56,57,58)/b6-5-,9-8-,12-11-,15-14-/t32-,36+,37+,38-,42-/m0/s1. The molecule has 0 spiro atoms. The number of amides is 2. The van der Waals surface area contributed by atoms with Crippen molar-refractivity contribution in [1.29, 1.82) is 0 Å². The molecule has 1 fully saturated rings. The Balaban J connectivity index is 1.27. The summed E-state index contributed by atoms with van der Waals surface area (Å²) in [4.78, 5) is 88.5. The fraction of sp³-hybridized carbons (Fsp3) is 0.628. The van der Waals surface area contributed by atoms with Crippen molar-refractivity contribution in [1.82, 2.24) is 30.2 Å². The first-order chi connectivity index (χ1) is 33.6. The fourth-order valence-electron chi connectivity index (χ4n) is 6.70. The lowest BCUT2D eigenvalue weighted by molar-refractivity contribution is -0.137. The number of hydrogen-bond acceptors (Lipinski definition) is 18. The maximum absolute atomic E-state index is 12.8. The lowest BCUT2D eigenvalue weighted by Gasteiger charge is -2.30. The summed E-state index contributed by atoms with van der Waals surface area (Å²) in [5.41, 5.74) is 4.28. The van der Waals surface area contributed by atoms with Gasteiger partial charge in [-0.2, -0.15) is 4.31 Å². The molecule has 1 aliphatic rings. The second-order valence-electron chi connectivity index (χ2n) is 17.0. The number of fused-ring (bicyclic) bond motifs is 1. The van der Waals surface area contributed by atoms with Crippen LogP contribution in [0, 0.1) is 5.41 Å². The first-order valence-corrected chi connectivity index (χ1v) is 28.7. The molecule has 1 aliphatic heterocycles. The van der Waals surface area contributed by atoms with Gasteiger partial charge in [0.2, 0.25) is 11.8 Å². The molecule has 2 aromatic heterocycles.